The molecule has 0 aromatic carbocycles. The Morgan fingerprint density at radius 3 is 2.65 bits per heavy atom. The quantitative estimate of drug-likeness (QED) is 0.781. The summed E-state index contributed by atoms with van der Waals surface area (Å²) < 4.78 is 3.17. The van der Waals surface area contributed by atoms with Gasteiger partial charge in [0.05, 0.1) is 23.9 Å². The molecule has 0 fully saturated rings. The average molecular weight is 234 g/mol. The molecule has 0 unspecified atom stereocenters. The number of imidazole rings is 1. The third kappa shape index (κ3) is 1.86. The predicted molar refractivity (Wildman–Crippen MR) is 63.5 cm³/mol. The zero-order valence-corrected chi connectivity index (χ0v) is 9.93. The van der Waals surface area contributed by atoms with Crippen LogP contribution in [0, 0.1) is 6.92 Å². The largest absolute Gasteiger partial charge is 0.394 e. The van der Waals surface area contributed by atoms with Gasteiger partial charge in [0.25, 0.3) is 5.91 Å². The van der Waals surface area contributed by atoms with E-state index >= 15 is 0 Å². The molecule has 0 spiro atoms. The molecule has 90 valence electrons. The third-order valence-corrected chi connectivity index (χ3v) is 2.55. The van der Waals surface area contributed by atoms with Gasteiger partial charge in [-0.15, -0.1) is 0 Å². The Labute approximate surface area is 98.2 Å². The number of nitrogens with zero attached hydrogens (tertiary/aromatic N) is 4. The summed E-state index contributed by atoms with van der Waals surface area (Å²) in [6.45, 7) is 1.79. The van der Waals surface area contributed by atoms with E-state index in [0.717, 1.165) is 0 Å². The lowest BCUT2D eigenvalue weighted by Crippen LogP contribution is -2.18. The van der Waals surface area contributed by atoms with Gasteiger partial charge in [-0.3, -0.25) is 9.48 Å². The molecule has 0 saturated heterocycles. The molecule has 17 heavy (non-hydrogen) atoms. The summed E-state index contributed by atoms with van der Waals surface area (Å²) in [4.78, 5) is 15.8. The molecule has 7 nitrogen and oxygen atoms in total. The molecule has 1 amide bonds. The number of aromatic nitrogens is 4. The summed E-state index contributed by atoms with van der Waals surface area (Å²) in [5.41, 5.74) is 7.45. The maximum absolute atomic E-state index is 11.9. The van der Waals surface area contributed by atoms with Gasteiger partial charge in [-0.1, -0.05) is 0 Å². The SMILES string of the molecule is Cc1nn(C)c(NC(=O)c2cncn2C)c1N. The van der Waals surface area contributed by atoms with Crippen LogP contribution in [-0.2, 0) is 14.1 Å². The van der Waals surface area contributed by atoms with Crippen molar-refractivity contribution in [2.24, 2.45) is 14.1 Å². The van der Waals surface area contributed by atoms with E-state index in [1.807, 2.05) is 0 Å². The lowest BCUT2D eigenvalue weighted by atomic mass is 10.3. The minimum absolute atomic E-state index is 0.264. The highest BCUT2D eigenvalue weighted by atomic mass is 16.2. The number of nitrogens with one attached hydrogen (secondary N) is 1. The van der Waals surface area contributed by atoms with E-state index in [4.69, 9.17) is 5.73 Å². The highest BCUT2D eigenvalue weighted by Crippen LogP contribution is 2.21. The van der Waals surface area contributed by atoms with Crippen molar-refractivity contribution >= 4 is 17.4 Å². The fourth-order valence-corrected chi connectivity index (χ4v) is 1.57. The maximum Gasteiger partial charge on any atom is 0.275 e. The fourth-order valence-electron chi connectivity index (χ4n) is 1.57. The van der Waals surface area contributed by atoms with E-state index in [9.17, 15) is 4.79 Å². The standard InChI is InChI=1S/C10H14N6O/c1-6-8(11)9(16(3)14-6)13-10(17)7-4-12-5-15(7)2/h4-5H,11H2,1-3H3,(H,13,17). The molecule has 0 radical (unpaired) electrons. The number of hydrogen-bond acceptors (Lipinski definition) is 4. The van der Waals surface area contributed by atoms with Gasteiger partial charge in [0.1, 0.15) is 5.69 Å². The second-order valence-corrected chi connectivity index (χ2v) is 3.82. The van der Waals surface area contributed by atoms with Gasteiger partial charge < -0.3 is 15.6 Å². The van der Waals surface area contributed by atoms with Crippen molar-refractivity contribution in [3.8, 4) is 0 Å². The van der Waals surface area contributed by atoms with Crippen LogP contribution in [0.25, 0.3) is 0 Å². The van der Waals surface area contributed by atoms with Crippen LogP contribution in [0.4, 0.5) is 11.5 Å². The molecule has 0 bridgehead atoms. The molecule has 2 heterocycles. The van der Waals surface area contributed by atoms with E-state index in [-0.39, 0.29) is 5.91 Å². The minimum atomic E-state index is -0.264. The van der Waals surface area contributed by atoms with Crippen LogP contribution >= 0.6 is 0 Å². The van der Waals surface area contributed by atoms with Crippen molar-refractivity contribution < 1.29 is 4.79 Å². The number of carbonyl (C=O) groups excluding carboxylic acids is 1. The van der Waals surface area contributed by atoms with E-state index in [1.165, 1.54) is 6.20 Å². The Hall–Kier alpha value is -2.31. The number of rotatable bonds is 2. The van der Waals surface area contributed by atoms with E-state index in [2.05, 4.69) is 15.4 Å². The number of hydrogen-bond donors (Lipinski definition) is 2. The van der Waals surface area contributed by atoms with Crippen molar-refractivity contribution in [1.82, 2.24) is 19.3 Å². The smallest absolute Gasteiger partial charge is 0.275 e. The Kier molecular flexibility index (Phi) is 2.58. The van der Waals surface area contributed by atoms with Gasteiger partial charge in [-0.25, -0.2) is 4.98 Å². The van der Waals surface area contributed by atoms with Crippen LogP contribution in [-0.4, -0.2) is 25.2 Å². The van der Waals surface area contributed by atoms with Gasteiger partial charge in [-0.05, 0) is 6.92 Å². The number of nitrogens with two attached hydrogens (primary N) is 1. The lowest BCUT2D eigenvalue weighted by Gasteiger charge is -2.06. The highest BCUT2D eigenvalue weighted by molar-refractivity contribution is 6.04. The van der Waals surface area contributed by atoms with Crippen LogP contribution in [0.3, 0.4) is 0 Å². The molecule has 0 aliphatic carbocycles. The molecular weight excluding hydrogens is 220 g/mol. The molecule has 2 rings (SSSR count). The Balaban J connectivity index is 2.28. The Bertz CT molecular complexity index is 567. The normalized spacial score (nSPS) is 10.5. The number of carbonyl (C=O) groups is 1. The number of nitrogen functional groups attached to an aromatic ring is 1. The van der Waals surface area contributed by atoms with Gasteiger partial charge in [-0.2, -0.15) is 5.10 Å². The van der Waals surface area contributed by atoms with Crippen LogP contribution in [0.5, 0.6) is 0 Å². The van der Waals surface area contributed by atoms with Crippen molar-refractivity contribution in [3.63, 3.8) is 0 Å². The number of anilines is 2. The topological polar surface area (TPSA) is 90.8 Å². The highest BCUT2D eigenvalue weighted by Gasteiger charge is 2.15. The summed E-state index contributed by atoms with van der Waals surface area (Å²) >= 11 is 0. The second-order valence-electron chi connectivity index (χ2n) is 3.82. The molecule has 7 heteroatoms. The van der Waals surface area contributed by atoms with Crippen molar-refractivity contribution in [2.75, 3.05) is 11.1 Å². The van der Waals surface area contributed by atoms with Gasteiger partial charge in [0.15, 0.2) is 5.82 Å². The first-order chi connectivity index (χ1) is 8.00. The molecule has 0 atom stereocenters. The first-order valence-electron chi connectivity index (χ1n) is 5.07. The first-order valence-corrected chi connectivity index (χ1v) is 5.07. The summed E-state index contributed by atoms with van der Waals surface area (Å²) in [7, 11) is 3.47. The van der Waals surface area contributed by atoms with Gasteiger partial charge >= 0.3 is 0 Å². The Morgan fingerprint density at radius 1 is 1.47 bits per heavy atom. The molecule has 0 aliphatic heterocycles. The Morgan fingerprint density at radius 2 is 2.18 bits per heavy atom. The second kappa shape index (κ2) is 3.93. The zero-order chi connectivity index (χ0) is 12.6. The molecule has 2 aromatic heterocycles. The van der Waals surface area contributed by atoms with Crippen molar-refractivity contribution in [3.05, 3.63) is 23.9 Å². The maximum atomic E-state index is 11.9. The number of aryl methyl sites for hydroxylation is 3. The monoisotopic (exact) mass is 234 g/mol. The van der Waals surface area contributed by atoms with E-state index in [0.29, 0.717) is 22.9 Å². The zero-order valence-electron chi connectivity index (χ0n) is 9.93. The minimum Gasteiger partial charge on any atom is -0.394 e. The summed E-state index contributed by atoms with van der Waals surface area (Å²) in [5, 5.41) is 6.84. The molecule has 0 saturated carbocycles. The molecule has 3 N–H and O–H groups in total. The molecule has 0 aliphatic rings. The van der Waals surface area contributed by atoms with Gasteiger partial charge in [0, 0.05) is 14.1 Å². The van der Waals surface area contributed by atoms with Crippen LogP contribution in [0.2, 0.25) is 0 Å². The van der Waals surface area contributed by atoms with E-state index < -0.39 is 0 Å². The van der Waals surface area contributed by atoms with E-state index in [1.54, 1.807) is 36.6 Å². The van der Waals surface area contributed by atoms with Crippen LogP contribution in [0.15, 0.2) is 12.5 Å². The molecular formula is C10H14N6O. The van der Waals surface area contributed by atoms with Crippen molar-refractivity contribution in [1.29, 1.82) is 0 Å². The van der Waals surface area contributed by atoms with Crippen LogP contribution < -0.4 is 11.1 Å². The summed E-state index contributed by atoms with van der Waals surface area (Å²) in [5.74, 6) is 0.230. The molecule has 2 aromatic rings. The number of amides is 1. The third-order valence-electron chi connectivity index (χ3n) is 2.55. The van der Waals surface area contributed by atoms with Gasteiger partial charge in [0.2, 0.25) is 0 Å². The fraction of sp³-hybridized carbons (Fsp3) is 0.300. The average Bonchev–Trinajstić information content (AvgIpc) is 2.78. The predicted octanol–water partition coefficient (Wildman–Crippen LogP) is 0.297. The lowest BCUT2D eigenvalue weighted by molar-refractivity contribution is 0.101. The van der Waals surface area contributed by atoms with Crippen LogP contribution in [0.1, 0.15) is 16.2 Å². The summed E-state index contributed by atoms with van der Waals surface area (Å²) in [6, 6.07) is 0. The summed E-state index contributed by atoms with van der Waals surface area (Å²) in [6.07, 6.45) is 3.06. The van der Waals surface area contributed by atoms with Crippen molar-refractivity contribution in [2.45, 2.75) is 6.92 Å². The first kappa shape index (κ1) is 11.2.